The van der Waals surface area contributed by atoms with E-state index in [1.165, 1.54) is 12.0 Å². The molecule has 1 amide bonds. The summed E-state index contributed by atoms with van der Waals surface area (Å²) in [5.41, 5.74) is 1.27. The number of allylic oxidation sites excluding steroid dienone is 6. The monoisotopic (exact) mass is 928 g/mol. The summed E-state index contributed by atoms with van der Waals surface area (Å²) in [4.78, 5) is 72.0. The van der Waals surface area contributed by atoms with Gasteiger partial charge in [-0.05, 0) is 113 Å². The van der Waals surface area contributed by atoms with Gasteiger partial charge in [0.2, 0.25) is 5.79 Å². The van der Waals surface area contributed by atoms with Gasteiger partial charge in [-0.25, -0.2) is 4.79 Å². The van der Waals surface area contributed by atoms with Crippen molar-refractivity contribution < 1.29 is 63.0 Å². The molecule has 1 aliphatic carbocycles. The Labute approximate surface area is 393 Å². The topological polar surface area (TPSA) is 195 Å². The van der Waals surface area contributed by atoms with Crippen LogP contribution in [0.3, 0.4) is 0 Å². The molecule has 15 atom stereocenters. The minimum atomic E-state index is -2.43. The van der Waals surface area contributed by atoms with E-state index in [1.807, 2.05) is 45.1 Å². The van der Waals surface area contributed by atoms with Crippen LogP contribution >= 0.6 is 0 Å². The summed E-state index contributed by atoms with van der Waals surface area (Å²) in [6.07, 6.45) is 12.1. The molecule has 0 aromatic rings. The SMILES string of the molecule is CC[C@@H]1/C=C/C=C/C=C(\C)[C@@H](OC)C[C@@H]2CC[C@@H](C)[C@@](O)(O2)C(=O)C(=O)N2CCCC[C@H]2C(=O)O[C@H]([C@H](C)C[C@@H]2CC[C@@H](O)[C@H](OC)C2)CC(=O)[C@H](C)/C=C(\C)[C@@H](O)[C@@H](OC)C(=O)[C@H](C)C1. The van der Waals surface area contributed by atoms with Crippen LogP contribution in [0.5, 0.6) is 0 Å². The molecule has 3 heterocycles. The Balaban J connectivity index is 1.71. The number of hydrogen-bond acceptors (Lipinski definition) is 13. The van der Waals surface area contributed by atoms with Crippen molar-refractivity contribution in [3.8, 4) is 0 Å². The first-order valence-corrected chi connectivity index (χ1v) is 24.5. The number of piperidine rings is 1. The predicted molar refractivity (Wildman–Crippen MR) is 250 cm³/mol. The van der Waals surface area contributed by atoms with E-state index in [9.17, 15) is 39.3 Å². The average molecular weight is 928 g/mol. The van der Waals surface area contributed by atoms with Gasteiger partial charge < -0.3 is 43.9 Å². The number of hydrogen-bond donors (Lipinski definition) is 3. The third-order valence-corrected chi connectivity index (χ3v) is 14.9. The predicted octanol–water partition coefficient (Wildman–Crippen LogP) is 6.57. The number of methoxy groups -OCH3 is 3. The van der Waals surface area contributed by atoms with Crippen molar-refractivity contribution in [3.05, 3.63) is 47.6 Å². The Morgan fingerprint density at radius 1 is 0.864 bits per heavy atom. The van der Waals surface area contributed by atoms with E-state index in [1.54, 1.807) is 41.1 Å². The van der Waals surface area contributed by atoms with Crippen LogP contribution < -0.4 is 0 Å². The quantitative estimate of drug-likeness (QED) is 0.141. The lowest BCUT2D eigenvalue weighted by Gasteiger charge is -2.42. The molecule has 3 fully saturated rings. The first kappa shape index (κ1) is 55.2. The van der Waals surface area contributed by atoms with E-state index in [-0.39, 0.29) is 54.8 Å². The molecule has 372 valence electrons. The maximum Gasteiger partial charge on any atom is 0.329 e. The standard InChI is InChI=1S/C52H81NO13/c1-11-37-18-14-12-13-17-31(2)43(62-8)29-39-22-20-36(7)52(61,66-39)49(58)50(59)53-24-16-15-19-40(53)51(60)65-44(33(4)26-38-21-23-41(54)45(28-38)63-9)30-42(55)32(3)25-34(5)46(56)48(64-10)47(57)35(6)27-37/h12-14,17-18,25,32-33,35-41,43-46,48,54,56,61H,11,15-16,19-24,26-30H2,1-10H3/b13-12+,18-14+,31-17+,34-25+/t32-,33-,35-,36-,37-,38+,39+,40+,41-,43+,44+,45-,46-,48-,52-/m1/s1. The first-order valence-electron chi connectivity index (χ1n) is 24.5. The summed E-state index contributed by atoms with van der Waals surface area (Å²) in [6, 6.07) is -1.14. The second-order valence-electron chi connectivity index (χ2n) is 19.8. The lowest BCUT2D eigenvalue weighted by molar-refractivity contribution is -0.265. The van der Waals surface area contributed by atoms with Gasteiger partial charge in [0.25, 0.3) is 11.7 Å². The van der Waals surface area contributed by atoms with Crippen LogP contribution in [-0.4, -0.2) is 132 Å². The molecule has 0 spiro atoms. The maximum atomic E-state index is 14.4. The molecule has 0 unspecified atom stereocenters. The maximum absolute atomic E-state index is 14.4. The van der Waals surface area contributed by atoms with E-state index in [2.05, 4.69) is 13.0 Å². The van der Waals surface area contributed by atoms with Gasteiger partial charge in [0.05, 0.1) is 24.4 Å². The second-order valence-corrected chi connectivity index (χ2v) is 19.8. The van der Waals surface area contributed by atoms with Gasteiger partial charge in [0, 0.05) is 58.5 Å². The fourth-order valence-corrected chi connectivity index (χ4v) is 10.3. The molecule has 2 bridgehead atoms. The zero-order valence-electron chi connectivity index (χ0n) is 41.3. The van der Waals surface area contributed by atoms with Crippen molar-refractivity contribution in [1.82, 2.24) is 4.90 Å². The zero-order valence-corrected chi connectivity index (χ0v) is 41.3. The highest BCUT2D eigenvalue weighted by Crippen LogP contribution is 2.38. The van der Waals surface area contributed by atoms with Gasteiger partial charge in [0.15, 0.2) is 5.78 Å². The van der Waals surface area contributed by atoms with Gasteiger partial charge in [-0.2, -0.15) is 0 Å². The Morgan fingerprint density at radius 2 is 1.59 bits per heavy atom. The fraction of sp³-hybridized carbons (Fsp3) is 0.750. The van der Waals surface area contributed by atoms with Crippen LogP contribution in [0.2, 0.25) is 0 Å². The fourth-order valence-electron chi connectivity index (χ4n) is 10.3. The Bertz CT molecular complexity index is 1770. The smallest absolute Gasteiger partial charge is 0.329 e. The van der Waals surface area contributed by atoms with Crippen LogP contribution in [0.25, 0.3) is 0 Å². The first-order chi connectivity index (χ1) is 31.3. The molecule has 0 aromatic heterocycles. The highest BCUT2D eigenvalue weighted by atomic mass is 16.6. The van der Waals surface area contributed by atoms with E-state index < -0.39 is 83.9 Å². The molecule has 1 saturated carbocycles. The molecule has 2 saturated heterocycles. The molecular weight excluding hydrogens is 847 g/mol. The lowest BCUT2D eigenvalue weighted by Crippen LogP contribution is -2.61. The zero-order chi connectivity index (χ0) is 48.9. The Morgan fingerprint density at radius 3 is 2.26 bits per heavy atom. The van der Waals surface area contributed by atoms with E-state index in [0.717, 1.165) is 18.4 Å². The van der Waals surface area contributed by atoms with Gasteiger partial charge in [0.1, 0.15) is 30.1 Å². The molecule has 3 N–H and O–H groups in total. The number of cyclic esters (lactones) is 1. The number of fused-ring (bicyclic) bond motifs is 3. The van der Waals surface area contributed by atoms with E-state index in [0.29, 0.717) is 63.4 Å². The number of ether oxygens (including phenoxy) is 5. The number of carbonyl (C=O) groups is 5. The summed E-state index contributed by atoms with van der Waals surface area (Å²) in [5, 5.41) is 33.9. The minimum Gasteiger partial charge on any atom is -0.460 e. The molecule has 4 rings (SSSR count). The molecule has 0 radical (unpaired) electrons. The van der Waals surface area contributed by atoms with Crippen molar-refractivity contribution in [1.29, 1.82) is 0 Å². The number of esters is 1. The third kappa shape index (κ3) is 14.3. The van der Waals surface area contributed by atoms with Gasteiger partial charge >= 0.3 is 5.97 Å². The number of aliphatic hydroxyl groups is 3. The van der Waals surface area contributed by atoms with Gasteiger partial charge in [-0.15, -0.1) is 0 Å². The number of aliphatic hydroxyl groups excluding tert-OH is 2. The van der Waals surface area contributed by atoms with Crippen LogP contribution in [0.15, 0.2) is 47.6 Å². The van der Waals surface area contributed by atoms with Crippen molar-refractivity contribution >= 4 is 29.2 Å². The highest BCUT2D eigenvalue weighted by molar-refractivity contribution is 6.39. The minimum absolute atomic E-state index is 0.0702. The molecule has 4 aliphatic rings. The van der Waals surface area contributed by atoms with Crippen LogP contribution in [-0.2, 0) is 47.7 Å². The summed E-state index contributed by atoms with van der Waals surface area (Å²) in [6.45, 7) is 12.8. The summed E-state index contributed by atoms with van der Waals surface area (Å²) < 4.78 is 29.4. The van der Waals surface area contributed by atoms with Crippen molar-refractivity contribution in [2.75, 3.05) is 27.9 Å². The van der Waals surface area contributed by atoms with Gasteiger partial charge in [-0.3, -0.25) is 19.2 Å². The number of nitrogens with zero attached hydrogens (tertiary/aromatic N) is 1. The second kappa shape index (κ2) is 25.8. The largest absolute Gasteiger partial charge is 0.460 e. The van der Waals surface area contributed by atoms with E-state index in [4.69, 9.17) is 23.7 Å². The number of amides is 1. The lowest BCUT2D eigenvalue weighted by atomic mass is 9.78. The summed E-state index contributed by atoms with van der Waals surface area (Å²) in [7, 11) is 4.53. The molecular formula is C52H81NO13. The van der Waals surface area contributed by atoms with Crippen molar-refractivity contribution in [2.24, 2.45) is 35.5 Å². The third-order valence-electron chi connectivity index (χ3n) is 14.9. The number of Topliss-reactive ketones (excluding diaryl/α,β-unsaturated/α-hetero) is 3. The van der Waals surface area contributed by atoms with Crippen molar-refractivity contribution in [2.45, 2.75) is 186 Å². The van der Waals surface area contributed by atoms with E-state index >= 15 is 0 Å². The summed E-state index contributed by atoms with van der Waals surface area (Å²) >= 11 is 0. The molecule has 66 heavy (non-hydrogen) atoms. The molecule has 14 nitrogen and oxygen atoms in total. The van der Waals surface area contributed by atoms with Crippen LogP contribution in [0, 0.1) is 35.5 Å². The van der Waals surface area contributed by atoms with Crippen LogP contribution in [0.4, 0.5) is 0 Å². The average Bonchev–Trinajstić information content (AvgIpc) is 3.30. The Kier molecular flexibility index (Phi) is 21.6. The summed E-state index contributed by atoms with van der Waals surface area (Å²) in [5.74, 6) is -7.89. The van der Waals surface area contributed by atoms with Crippen LogP contribution in [0.1, 0.15) is 132 Å². The van der Waals surface area contributed by atoms with Crippen molar-refractivity contribution in [3.63, 3.8) is 0 Å². The number of carbonyl (C=O) groups excluding carboxylic acids is 5. The Hall–Kier alpha value is -3.37. The highest BCUT2D eigenvalue weighted by Gasteiger charge is 2.53. The number of ketones is 3. The molecule has 0 aromatic carbocycles. The molecule has 14 heteroatoms. The van der Waals surface area contributed by atoms with Gasteiger partial charge in [-0.1, -0.05) is 71.1 Å². The normalized spacial score (nSPS) is 40.0. The number of rotatable bonds is 7. The molecule has 3 aliphatic heterocycles.